The van der Waals surface area contributed by atoms with Crippen molar-refractivity contribution in [3.05, 3.63) is 17.3 Å². The van der Waals surface area contributed by atoms with E-state index in [0.717, 1.165) is 11.5 Å². The first-order valence-electron chi connectivity index (χ1n) is 4.39. The van der Waals surface area contributed by atoms with E-state index in [4.69, 9.17) is 15.5 Å². The van der Waals surface area contributed by atoms with Crippen molar-refractivity contribution in [3.8, 4) is 6.07 Å². The number of rotatable bonds is 3. The fraction of sp³-hybridized carbons (Fsp3) is 0.250. The molecule has 3 N–H and O–H groups in total. The monoisotopic (exact) mass is 236 g/mol. The maximum atomic E-state index is 8.83. The molecule has 0 spiro atoms. The Kier molecular flexibility index (Phi) is 2.70. The van der Waals surface area contributed by atoms with Gasteiger partial charge in [-0.15, -0.1) is 0 Å². The molecule has 0 aromatic carbocycles. The molecule has 0 aliphatic heterocycles. The van der Waals surface area contributed by atoms with Crippen molar-refractivity contribution < 1.29 is 4.52 Å². The summed E-state index contributed by atoms with van der Waals surface area (Å²) in [4.78, 5) is 4.02. The zero-order valence-corrected chi connectivity index (χ0v) is 9.21. The molecular formula is C8H8N6OS. The van der Waals surface area contributed by atoms with E-state index in [1.54, 1.807) is 6.92 Å². The quantitative estimate of drug-likeness (QED) is 0.813. The molecule has 2 aromatic rings. The molecule has 0 atom stereocenters. The molecule has 2 rings (SSSR count). The lowest BCUT2D eigenvalue weighted by molar-refractivity contribution is 0.379. The lowest BCUT2D eigenvalue weighted by atomic mass is 10.3. The molecule has 0 saturated heterocycles. The summed E-state index contributed by atoms with van der Waals surface area (Å²) < 4.78 is 8.79. The van der Waals surface area contributed by atoms with Gasteiger partial charge in [0.1, 0.15) is 16.6 Å². The number of aryl methyl sites for hydroxylation is 1. The van der Waals surface area contributed by atoms with E-state index >= 15 is 0 Å². The van der Waals surface area contributed by atoms with Crippen LogP contribution in [0, 0.1) is 18.3 Å². The summed E-state index contributed by atoms with van der Waals surface area (Å²) in [5.41, 5.74) is 5.86. The van der Waals surface area contributed by atoms with E-state index in [1.165, 1.54) is 0 Å². The third-order valence-corrected chi connectivity index (χ3v) is 2.62. The van der Waals surface area contributed by atoms with Crippen LogP contribution in [0.3, 0.4) is 0 Å². The van der Waals surface area contributed by atoms with Crippen LogP contribution in [0.4, 0.5) is 10.8 Å². The van der Waals surface area contributed by atoms with Gasteiger partial charge in [-0.1, -0.05) is 5.16 Å². The van der Waals surface area contributed by atoms with Crippen molar-refractivity contribution >= 4 is 22.4 Å². The zero-order valence-electron chi connectivity index (χ0n) is 8.39. The number of hydrogen-bond donors (Lipinski definition) is 2. The molecule has 8 heteroatoms. The van der Waals surface area contributed by atoms with Gasteiger partial charge in [-0.2, -0.15) is 14.6 Å². The fourth-order valence-corrected chi connectivity index (χ4v) is 1.76. The fourth-order valence-electron chi connectivity index (χ4n) is 1.10. The van der Waals surface area contributed by atoms with Crippen molar-refractivity contribution in [1.82, 2.24) is 14.5 Å². The Morgan fingerprint density at radius 2 is 2.44 bits per heavy atom. The standard InChI is InChI=1S/C8H8N6OS/c1-4-12-6(15-13-4)3-11-8-5(2-9)7(10)14-16-8/h11H,3H2,1H3,(H2,10,14). The van der Waals surface area contributed by atoms with Crippen LogP contribution in [0.1, 0.15) is 17.3 Å². The molecule has 2 aromatic heterocycles. The van der Waals surface area contributed by atoms with Crippen LogP contribution in [0.15, 0.2) is 4.52 Å². The van der Waals surface area contributed by atoms with E-state index in [9.17, 15) is 0 Å². The van der Waals surface area contributed by atoms with Crippen LogP contribution in [0.2, 0.25) is 0 Å². The lowest BCUT2D eigenvalue weighted by Gasteiger charge is -1.98. The Balaban J connectivity index is 2.08. The van der Waals surface area contributed by atoms with Gasteiger partial charge in [0.25, 0.3) is 0 Å². The molecule has 0 aliphatic rings. The van der Waals surface area contributed by atoms with Crippen LogP contribution in [0.25, 0.3) is 0 Å². The van der Waals surface area contributed by atoms with Crippen molar-refractivity contribution in [2.24, 2.45) is 0 Å². The largest absolute Gasteiger partial charge is 0.382 e. The summed E-state index contributed by atoms with van der Waals surface area (Å²) in [6.45, 7) is 2.08. The van der Waals surface area contributed by atoms with E-state index in [0.29, 0.717) is 28.8 Å². The molecular weight excluding hydrogens is 228 g/mol. The minimum absolute atomic E-state index is 0.233. The van der Waals surface area contributed by atoms with Crippen molar-refractivity contribution in [1.29, 1.82) is 5.26 Å². The molecule has 0 bridgehead atoms. The maximum absolute atomic E-state index is 8.83. The number of nitrogens with two attached hydrogens (primary N) is 1. The zero-order chi connectivity index (χ0) is 11.5. The summed E-state index contributed by atoms with van der Waals surface area (Å²) in [5, 5.41) is 16.1. The van der Waals surface area contributed by atoms with Gasteiger partial charge in [-0.25, -0.2) is 0 Å². The molecule has 7 nitrogen and oxygen atoms in total. The Labute approximate surface area is 95.1 Å². The Hall–Kier alpha value is -2.14. The van der Waals surface area contributed by atoms with Gasteiger partial charge in [0.2, 0.25) is 5.89 Å². The van der Waals surface area contributed by atoms with E-state index in [1.807, 2.05) is 6.07 Å². The third-order valence-electron chi connectivity index (χ3n) is 1.80. The Bertz CT molecular complexity index is 539. The van der Waals surface area contributed by atoms with Gasteiger partial charge in [0, 0.05) is 0 Å². The number of nitrogens with zero attached hydrogens (tertiary/aromatic N) is 4. The molecule has 0 amide bonds. The highest BCUT2D eigenvalue weighted by atomic mass is 32.1. The van der Waals surface area contributed by atoms with E-state index in [-0.39, 0.29) is 5.82 Å². The number of nitrogens with one attached hydrogen (secondary N) is 1. The predicted molar refractivity (Wildman–Crippen MR) is 57.6 cm³/mol. The number of nitrogen functional groups attached to an aromatic ring is 1. The summed E-state index contributed by atoms with van der Waals surface area (Å²) in [6, 6.07) is 1.98. The number of anilines is 2. The summed E-state index contributed by atoms with van der Waals surface area (Å²) >= 11 is 1.13. The summed E-state index contributed by atoms with van der Waals surface area (Å²) in [5.74, 6) is 1.26. The molecule has 0 aliphatic carbocycles. The van der Waals surface area contributed by atoms with Crippen LogP contribution < -0.4 is 11.1 Å². The summed E-state index contributed by atoms with van der Waals surface area (Å²) in [6.07, 6.45) is 0. The third kappa shape index (κ3) is 1.94. The highest BCUT2D eigenvalue weighted by Crippen LogP contribution is 2.25. The lowest BCUT2D eigenvalue weighted by Crippen LogP contribution is -2.00. The number of nitriles is 1. The van der Waals surface area contributed by atoms with E-state index in [2.05, 4.69) is 19.8 Å². The second-order valence-corrected chi connectivity index (χ2v) is 3.75. The van der Waals surface area contributed by atoms with Crippen LogP contribution >= 0.6 is 11.5 Å². The van der Waals surface area contributed by atoms with Gasteiger partial charge in [0.15, 0.2) is 11.6 Å². The SMILES string of the molecule is Cc1noc(CNc2snc(N)c2C#N)n1. The van der Waals surface area contributed by atoms with Crippen molar-refractivity contribution in [3.63, 3.8) is 0 Å². The molecule has 0 unspecified atom stereocenters. The highest BCUT2D eigenvalue weighted by molar-refractivity contribution is 7.10. The normalized spacial score (nSPS) is 10.0. The van der Waals surface area contributed by atoms with E-state index < -0.39 is 0 Å². The molecule has 0 fully saturated rings. The van der Waals surface area contributed by atoms with Crippen LogP contribution in [-0.4, -0.2) is 14.5 Å². The summed E-state index contributed by atoms with van der Waals surface area (Å²) in [7, 11) is 0. The molecule has 2 heterocycles. The van der Waals surface area contributed by atoms with Gasteiger partial charge < -0.3 is 15.6 Å². The first-order valence-corrected chi connectivity index (χ1v) is 5.16. The first-order chi connectivity index (χ1) is 7.70. The number of hydrogen-bond acceptors (Lipinski definition) is 8. The predicted octanol–water partition coefficient (Wildman–Crippen LogP) is 0.900. The molecule has 16 heavy (non-hydrogen) atoms. The minimum atomic E-state index is 0.233. The van der Waals surface area contributed by atoms with Gasteiger partial charge in [-0.3, -0.25) is 0 Å². The Morgan fingerprint density at radius 3 is 3.06 bits per heavy atom. The van der Waals surface area contributed by atoms with Gasteiger partial charge in [0.05, 0.1) is 6.54 Å². The topological polar surface area (TPSA) is 114 Å². The Morgan fingerprint density at radius 1 is 1.62 bits per heavy atom. The molecule has 0 saturated carbocycles. The van der Waals surface area contributed by atoms with Gasteiger partial charge in [-0.05, 0) is 18.5 Å². The number of aromatic nitrogens is 3. The molecule has 0 radical (unpaired) electrons. The second kappa shape index (κ2) is 4.16. The maximum Gasteiger partial charge on any atom is 0.245 e. The van der Waals surface area contributed by atoms with Crippen molar-refractivity contribution in [2.45, 2.75) is 13.5 Å². The average molecular weight is 236 g/mol. The first kappa shape index (κ1) is 10.4. The van der Waals surface area contributed by atoms with Crippen LogP contribution in [0.5, 0.6) is 0 Å². The molecule has 82 valence electrons. The van der Waals surface area contributed by atoms with Crippen LogP contribution in [-0.2, 0) is 6.54 Å². The van der Waals surface area contributed by atoms with Gasteiger partial charge >= 0.3 is 0 Å². The highest BCUT2D eigenvalue weighted by Gasteiger charge is 2.11. The average Bonchev–Trinajstić information content (AvgIpc) is 2.82. The minimum Gasteiger partial charge on any atom is -0.382 e. The van der Waals surface area contributed by atoms with Crippen molar-refractivity contribution in [2.75, 3.05) is 11.1 Å². The smallest absolute Gasteiger partial charge is 0.245 e. The second-order valence-electron chi connectivity index (χ2n) is 2.97.